The van der Waals surface area contributed by atoms with E-state index in [9.17, 15) is 22.8 Å². The monoisotopic (exact) mass is 310 g/mol. The Kier molecular flexibility index (Phi) is 6.29. The summed E-state index contributed by atoms with van der Waals surface area (Å²) in [5.41, 5.74) is 0. The normalized spacial score (nSPS) is 16.4. The molecule has 0 aromatic carbocycles. The Morgan fingerprint density at radius 2 is 1.95 bits per heavy atom. The lowest BCUT2D eigenvalue weighted by Gasteiger charge is -2.24. The maximum Gasteiger partial charge on any atom is 0.406 e. The van der Waals surface area contributed by atoms with Gasteiger partial charge < -0.3 is 15.3 Å². The highest BCUT2D eigenvalue weighted by atomic mass is 19.4. The predicted octanol–water partition coefficient (Wildman–Crippen LogP) is 2.61. The topological polar surface area (TPSA) is 69.6 Å². The number of urea groups is 1. The number of hydrogen-bond acceptors (Lipinski definition) is 2. The second kappa shape index (κ2) is 7.51. The van der Waals surface area contributed by atoms with Crippen molar-refractivity contribution >= 4 is 12.0 Å². The molecule has 1 saturated carbocycles. The van der Waals surface area contributed by atoms with Crippen LogP contribution in [0.15, 0.2) is 0 Å². The number of carboxylic acids is 1. The van der Waals surface area contributed by atoms with Crippen LogP contribution in [0.25, 0.3) is 0 Å². The van der Waals surface area contributed by atoms with Crippen molar-refractivity contribution in [3.63, 3.8) is 0 Å². The zero-order valence-electron chi connectivity index (χ0n) is 11.9. The third-order valence-electron chi connectivity index (χ3n) is 3.36. The van der Waals surface area contributed by atoms with E-state index in [0.29, 0.717) is 25.7 Å². The van der Waals surface area contributed by atoms with Gasteiger partial charge in [0.15, 0.2) is 0 Å². The first-order chi connectivity index (χ1) is 9.69. The fraction of sp³-hybridized carbons (Fsp3) is 0.846. The summed E-state index contributed by atoms with van der Waals surface area (Å²) in [4.78, 5) is 23.0. The number of hydrogen-bond donors (Lipinski definition) is 2. The first-order valence-corrected chi connectivity index (χ1v) is 7.02. The first kappa shape index (κ1) is 17.6. The maximum atomic E-state index is 12.4. The fourth-order valence-corrected chi connectivity index (χ4v) is 1.99. The number of nitrogens with zero attached hydrogens (tertiary/aromatic N) is 1. The first-order valence-electron chi connectivity index (χ1n) is 7.02. The summed E-state index contributed by atoms with van der Waals surface area (Å²) >= 11 is 0. The molecule has 0 aliphatic heterocycles. The van der Waals surface area contributed by atoms with Gasteiger partial charge in [-0.1, -0.05) is 6.92 Å². The van der Waals surface area contributed by atoms with Gasteiger partial charge >= 0.3 is 18.2 Å². The number of nitrogens with one attached hydrogen (secondary N) is 1. The molecule has 0 spiro atoms. The Balaban J connectivity index is 2.29. The van der Waals surface area contributed by atoms with Crippen molar-refractivity contribution in [2.75, 3.05) is 13.1 Å². The third-order valence-corrected chi connectivity index (χ3v) is 3.36. The molecule has 21 heavy (non-hydrogen) atoms. The summed E-state index contributed by atoms with van der Waals surface area (Å²) in [6.07, 6.45) is -2.09. The van der Waals surface area contributed by atoms with Crippen LogP contribution in [-0.4, -0.2) is 47.3 Å². The number of aliphatic carboxylic acids is 1. The van der Waals surface area contributed by atoms with E-state index < -0.39 is 24.7 Å². The molecule has 1 aliphatic rings. The molecule has 1 atom stereocenters. The van der Waals surface area contributed by atoms with Crippen LogP contribution in [-0.2, 0) is 4.79 Å². The number of alkyl halides is 3. The molecule has 2 N–H and O–H groups in total. The number of carboxylic acid groups (broad SMARTS) is 1. The molecule has 0 saturated heterocycles. The quantitative estimate of drug-likeness (QED) is 0.724. The lowest BCUT2D eigenvalue weighted by Crippen LogP contribution is -2.46. The van der Waals surface area contributed by atoms with E-state index in [-0.39, 0.29) is 24.9 Å². The van der Waals surface area contributed by atoms with Gasteiger partial charge in [-0.15, -0.1) is 0 Å². The van der Waals surface area contributed by atoms with Gasteiger partial charge in [0.1, 0.15) is 6.54 Å². The van der Waals surface area contributed by atoms with E-state index in [2.05, 4.69) is 5.32 Å². The minimum atomic E-state index is -4.39. The Labute approximate surface area is 121 Å². The van der Waals surface area contributed by atoms with Crippen molar-refractivity contribution in [2.24, 2.45) is 5.92 Å². The van der Waals surface area contributed by atoms with Gasteiger partial charge in [0.05, 0.1) is 0 Å². The highest BCUT2D eigenvalue weighted by Crippen LogP contribution is 2.30. The van der Waals surface area contributed by atoms with Gasteiger partial charge in [-0.05, 0) is 31.6 Å². The minimum Gasteiger partial charge on any atom is -0.481 e. The van der Waals surface area contributed by atoms with Crippen molar-refractivity contribution in [2.45, 2.75) is 51.2 Å². The van der Waals surface area contributed by atoms with Crippen molar-refractivity contribution in [3.8, 4) is 0 Å². The lowest BCUT2D eigenvalue weighted by atomic mass is 10.0. The molecule has 8 heteroatoms. The summed E-state index contributed by atoms with van der Waals surface area (Å²) in [7, 11) is 0. The Hall–Kier alpha value is -1.47. The number of amides is 2. The van der Waals surface area contributed by atoms with Gasteiger partial charge in [0.2, 0.25) is 0 Å². The van der Waals surface area contributed by atoms with E-state index in [0.717, 1.165) is 4.90 Å². The molecule has 0 heterocycles. The third kappa shape index (κ3) is 7.77. The van der Waals surface area contributed by atoms with Crippen LogP contribution < -0.4 is 5.32 Å². The Bertz CT molecular complexity index is 370. The van der Waals surface area contributed by atoms with Crippen molar-refractivity contribution in [1.29, 1.82) is 0 Å². The summed E-state index contributed by atoms with van der Waals surface area (Å²) in [6.45, 7) is 0.877. The molecule has 0 aromatic rings. The number of carbonyl (C=O) groups is 2. The number of rotatable bonds is 8. The minimum absolute atomic E-state index is 0.0530. The van der Waals surface area contributed by atoms with E-state index in [1.807, 2.05) is 6.92 Å². The summed E-state index contributed by atoms with van der Waals surface area (Å²) in [5, 5.41) is 11.0. The molecular formula is C13H21F3N2O3. The highest BCUT2D eigenvalue weighted by Gasteiger charge is 2.40. The molecule has 5 nitrogen and oxygen atoms in total. The lowest BCUT2D eigenvalue weighted by molar-refractivity contribution is -0.141. The molecule has 0 aromatic heterocycles. The fourth-order valence-electron chi connectivity index (χ4n) is 1.99. The summed E-state index contributed by atoms with van der Waals surface area (Å²) < 4.78 is 37.2. The molecule has 122 valence electrons. The standard InChI is InChI=1S/C13H21F3N2O3/c1-9(2-5-11(19)20)6-7-17-12(21)18(10-3-4-10)8-13(14,15)16/h9-10H,2-8H2,1H3,(H,17,21)(H,19,20). The average Bonchev–Trinajstić information content (AvgIpc) is 3.16. The zero-order chi connectivity index (χ0) is 16.0. The van der Waals surface area contributed by atoms with Gasteiger partial charge in [-0.3, -0.25) is 4.79 Å². The average molecular weight is 310 g/mol. The van der Waals surface area contributed by atoms with Crippen LogP contribution in [0.2, 0.25) is 0 Å². The van der Waals surface area contributed by atoms with E-state index in [1.54, 1.807) is 0 Å². The highest BCUT2D eigenvalue weighted by molar-refractivity contribution is 5.75. The van der Waals surface area contributed by atoms with Crippen LogP contribution in [0.4, 0.5) is 18.0 Å². The molecule has 1 rings (SSSR count). The van der Waals surface area contributed by atoms with Crippen LogP contribution >= 0.6 is 0 Å². The van der Waals surface area contributed by atoms with Crippen molar-refractivity contribution < 1.29 is 27.9 Å². The molecule has 1 unspecified atom stereocenters. The van der Waals surface area contributed by atoms with E-state index in [1.165, 1.54) is 0 Å². The van der Waals surface area contributed by atoms with Crippen molar-refractivity contribution in [3.05, 3.63) is 0 Å². The van der Waals surface area contributed by atoms with Crippen molar-refractivity contribution in [1.82, 2.24) is 10.2 Å². The Morgan fingerprint density at radius 1 is 1.33 bits per heavy atom. The second-order valence-corrected chi connectivity index (χ2v) is 5.53. The van der Waals surface area contributed by atoms with Crippen LogP contribution in [0.5, 0.6) is 0 Å². The van der Waals surface area contributed by atoms with Crippen LogP contribution in [0.1, 0.15) is 39.0 Å². The van der Waals surface area contributed by atoms with Gasteiger partial charge in [-0.25, -0.2) is 4.79 Å². The number of halogens is 3. The molecule has 1 fully saturated rings. The van der Waals surface area contributed by atoms with Gasteiger partial charge in [-0.2, -0.15) is 13.2 Å². The summed E-state index contributed by atoms with van der Waals surface area (Å²) in [6, 6.07) is -1.00. The Morgan fingerprint density at radius 3 is 2.43 bits per heavy atom. The smallest absolute Gasteiger partial charge is 0.406 e. The zero-order valence-corrected chi connectivity index (χ0v) is 11.9. The molecule has 1 aliphatic carbocycles. The van der Waals surface area contributed by atoms with Crippen LogP contribution in [0.3, 0.4) is 0 Å². The van der Waals surface area contributed by atoms with E-state index in [4.69, 9.17) is 5.11 Å². The largest absolute Gasteiger partial charge is 0.481 e. The molecular weight excluding hydrogens is 289 g/mol. The van der Waals surface area contributed by atoms with E-state index >= 15 is 0 Å². The molecule has 0 bridgehead atoms. The summed E-state index contributed by atoms with van der Waals surface area (Å²) in [5.74, 6) is -0.783. The second-order valence-electron chi connectivity index (χ2n) is 5.53. The van der Waals surface area contributed by atoms with Gasteiger partial charge in [0.25, 0.3) is 0 Å². The molecule has 2 amide bonds. The SMILES string of the molecule is CC(CCNC(=O)N(CC(F)(F)F)C1CC1)CCC(=O)O. The van der Waals surface area contributed by atoms with Gasteiger partial charge in [0, 0.05) is 19.0 Å². The molecule has 0 radical (unpaired) electrons. The number of carbonyl (C=O) groups excluding carboxylic acids is 1. The van der Waals surface area contributed by atoms with Crippen LogP contribution in [0, 0.1) is 5.92 Å². The maximum absolute atomic E-state index is 12.4. The predicted molar refractivity (Wildman–Crippen MR) is 69.8 cm³/mol.